The number of fused-ring (bicyclic) bond motifs is 1. The molecule has 1 heterocycles. The summed E-state index contributed by atoms with van der Waals surface area (Å²) in [7, 11) is -8.18. The number of alkyl halides is 3. The number of nitrogens with zero attached hydrogens (tertiary/aromatic N) is 1. The maximum absolute atomic E-state index is 13.0. The molecule has 0 atom stereocenters. The highest BCUT2D eigenvalue weighted by atomic mass is 35.5. The minimum absolute atomic E-state index is 0.0667. The van der Waals surface area contributed by atoms with Gasteiger partial charge in [0.1, 0.15) is 4.90 Å². The first-order valence-corrected chi connectivity index (χ1v) is 12.3. The van der Waals surface area contributed by atoms with Crippen molar-refractivity contribution < 1.29 is 30.0 Å². The fraction of sp³-hybridized carbons (Fsp3) is 0.188. The van der Waals surface area contributed by atoms with Crippen LogP contribution in [-0.2, 0) is 26.2 Å². The Balaban J connectivity index is 1.95. The van der Waals surface area contributed by atoms with Gasteiger partial charge < -0.3 is 5.32 Å². The van der Waals surface area contributed by atoms with Crippen LogP contribution in [0.4, 0.5) is 18.9 Å². The molecule has 0 bridgehead atoms. The van der Waals surface area contributed by atoms with Gasteiger partial charge in [0.25, 0.3) is 10.0 Å². The lowest BCUT2D eigenvalue weighted by Crippen LogP contribution is -2.24. The number of hydrogen-bond acceptors (Lipinski definition) is 6. The lowest BCUT2D eigenvalue weighted by molar-refractivity contribution is -0.137. The Morgan fingerprint density at radius 3 is 2.50 bits per heavy atom. The quantitative estimate of drug-likeness (QED) is 0.660. The molecule has 1 aliphatic rings. The second-order valence-electron chi connectivity index (χ2n) is 5.90. The van der Waals surface area contributed by atoms with Crippen molar-refractivity contribution in [3.05, 3.63) is 47.0 Å². The van der Waals surface area contributed by atoms with E-state index in [9.17, 15) is 30.0 Å². The fourth-order valence-electron chi connectivity index (χ4n) is 2.49. The molecule has 2 aromatic rings. The van der Waals surface area contributed by atoms with E-state index in [0.29, 0.717) is 0 Å². The van der Waals surface area contributed by atoms with Crippen LogP contribution in [0.2, 0.25) is 5.02 Å². The number of halogens is 4. The maximum Gasteiger partial charge on any atom is 0.417 e. The summed E-state index contributed by atoms with van der Waals surface area (Å²) < 4.78 is 94.1. The topological polar surface area (TPSA) is 105 Å². The summed E-state index contributed by atoms with van der Waals surface area (Å²) >= 11 is 6.41. The van der Waals surface area contributed by atoms with Crippen molar-refractivity contribution in [1.29, 1.82) is 0 Å². The van der Waals surface area contributed by atoms with Crippen molar-refractivity contribution in [1.82, 2.24) is 4.72 Å². The number of nitrogens with one attached hydrogen (secondary N) is 2. The highest BCUT2D eigenvalue weighted by Gasteiger charge is 2.34. The molecule has 0 unspecified atom stereocenters. The van der Waals surface area contributed by atoms with Gasteiger partial charge in [-0.05, 0) is 48.2 Å². The normalized spacial score (nSPS) is 16.0. The van der Waals surface area contributed by atoms with Crippen LogP contribution in [-0.4, -0.2) is 28.5 Å². The molecular weight excluding hydrogens is 487 g/mol. The van der Waals surface area contributed by atoms with Gasteiger partial charge in [-0.1, -0.05) is 18.5 Å². The predicted octanol–water partition coefficient (Wildman–Crippen LogP) is 3.92. The van der Waals surface area contributed by atoms with E-state index < -0.39 is 36.8 Å². The number of sulfonamides is 2. The average molecular weight is 500 g/mol. The molecule has 2 N–H and O–H groups in total. The molecule has 2 aromatic carbocycles. The van der Waals surface area contributed by atoms with Gasteiger partial charge in [0.05, 0.1) is 15.5 Å². The SMILES string of the molecule is CCNS(=O)(=O)c1ccc2c(c1)S(=O)(=O)N=C(Nc1ccc(Cl)c(C(F)(F)F)c1)S2. The lowest BCUT2D eigenvalue weighted by atomic mass is 10.2. The molecule has 14 heteroatoms. The van der Waals surface area contributed by atoms with Gasteiger partial charge >= 0.3 is 6.18 Å². The molecule has 0 fully saturated rings. The minimum atomic E-state index is -4.69. The zero-order valence-corrected chi connectivity index (χ0v) is 18.2. The van der Waals surface area contributed by atoms with Crippen LogP contribution >= 0.6 is 23.4 Å². The van der Waals surface area contributed by atoms with Gasteiger partial charge in [0.15, 0.2) is 5.17 Å². The smallest absolute Gasteiger partial charge is 0.334 e. The Hall–Kier alpha value is -1.80. The largest absolute Gasteiger partial charge is 0.417 e. The third-order valence-electron chi connectivity index (χ3n) is 3.77. The average Bonchev–Trinajstić information content (AvgIpc) is 2.61. The standard InChI is InChI=1S/C16H13ClF3N3O4S3/c1-2-21-29(24,25)10-4-6-13-14(8-10)30(26,27)23-15(28-13)22-9-3-5-12(17)11(7-9)16(18,19)20/h3-8,21H,2H2,1H3,(H,22,23). The molecule has 0 saturated heterocycles. The minimum Gasteiger partial charge on any atom is -0.334 e. The summed E-state index contributed by atoms with van der Waals surface area (Å²) in [5.74, 6) is 0. The third-order valence-corrected chi connectivity index (χ3v) is 8.17. The Labute approximate surface area is 179 Å². The molecule has 0 aromatic heterocycles. The monoisotopic (exact) mass is 499 g/mol. The van der Waals surface area contributed by atoms with E-state index in [2.05, 4.69) is 14.4 Å². The van der Waals surface area contributed by atoms with Crippen LogP contribution in [0.1, 0.15) is 12.5 Å². The second kappa shape index (κ2) is 8.04. The molecule has 30 heavy (non-hydrogen) atoms. The highest BCUT2D eigenvalue weighted by Crippen LogP contribution is 2.38. The Kier molecular flexibility index (Phi) is 6.13. The number of amidine groups is 1. The zero-order valence-electron chi connectivity index (χ0n) is 15.0. The Bertz CT molecular complexity index is 1250. The first-order valence-electron chi connectivity index (χ1n) is 8.14. The summed E-state index contributed by atoms with van der Waals surface area (Å²) in [5, 5.41) is 1.83. The lowest BCUT2D eigenvalue weighted by Gasteiger charge is -2.18. The summed E-state index contributed by atoms with van der Waals surface area (Å²) in [5.41, 5.74) is -1.15. The number of rotatable bonds is 4. The van der Waals surface area contributed by atoms with Gasteiger partial charge in [0, 0.05) is 17.1 Å². The van der Waals surface area contributed by atoms with Gasteiger partial charge in [-0.2, -0.15) is 21.6 Å². The van der Waals surface area contributed by atoms with Crippen LogP contribution in [0, 0.1) is 0 Å². The van der Waals surface area contributed by atoms with Crippen LogP contribution in [0.25, 0.3) is 0 Å². The van der Waals surface area contributed by atoms with Gasteiger partial charge in [-0.15, -0.1) is 4.40 Å². The van der Waals surface area contributed by atoms with E-state index in [4.69, 9.17) is 11.6 Å². The van der Waals surface area contributed by atoms with E-state index in [1.54, 1.807) is 6.92 Å². The summed E-state index contributed by atoms with van der Waals surface area (Å²) in [6.45, 7) is 1.69. The van der Waals surface area contributed by atoms with E-state index in [1.165, 1.54) is 18.2 Å². The molecule has 7 nitrogen and oxygen atoms in total. The highest BCUT2D eigenvalue weighted by molar-refractivity contribution is 8.15. The van der Waals surface area contributed by atoms with Crippen molar-refractivity contribution >= 4 is 54.3 Å². The molecular formula is C16H13ClF3N3O4S3. The summed E-state index contributed by atoms with van der Waals surface area (Å²) in [4.78, 5) is -0.386. The molecule has 0 spiro atoms. The number of hydrogen-bond donors (Lipinski definition) is 2. The van der Waals surface area contributed by atoms with Crippen molar-refractivity contribution in [3.8, 4) is 0 Å². The Morgan fingerprint density at radius 2 is 1.87 bits per heavy atom. The van der Waals surface area contributed by atoms with Crippen molar-refractivity contribution in [3.63, 3.8) is 0 Å². The van der Waals surface area contributed by atoms with Crippen LogP contribution in [0.15, 0.2) is 55.5 Å². The molecule has 0 amide bonds. The fourth-order valence-corrected chi connectivity index (χ4v) is 6.37. The van der Waals surface area contributed by atoms with Crippen LogP contribution in [0.3, 0.4) is 0 Å². The second-order valence-corrected chi connectivity index (χ2v) is 10.7. The van der Waals surface area contributed by atoms with E-state index in [-0.39, 0.29) is 32.1 Å². The molecule has 162 valence electrons. The zero-order chi connectivity index (χ0) is 22.3. The van der Waals surface area contributed by atoms with Gasteiger partial charge in [0.2, 0.25) is 10.0 Å². The van der Waals surface area contributed by atoms with Crippen LogP contribution in [0.5, 0.6) is 0 Å². The van der Waals surface area contributed by atoms with Gasteiger partial charge in [-0.3, -0.25) is 0 Å². The van der Waals surface area contributed by atoms with Crippen LogP contribution < -0.4 is 10.0 Å². The number of thioether (sulfide) groups is 1. The van der Waals surface area contributed by atoms with Crippen molar-refractivity contribution in [2.24, 2.45) is 4.40 Å². The molecule has 0 saturated carbocycles. The Morgan fingerprint density at radius 1 is 1.17 bits per heavy atom. The molecule has 0 radical (unpaired) electrons. The maximum atomic E-state index is 13.0. The summed E-state index contributed by atoms with van der Waals surface area (Å²) in [6, 6.07) is 6.52. The summed E-state index contributed by atoms with van der Waals surface area (Å²) in [6.07, 6.45) is -4.69. The van der Waals surface area contributed by atoms with E-state index in [0.717, 1.165) is 30.0 Å². The van der Waals surface area contributed by atoms with Crippen molar-refractivity contribution in [2.45, 2.75) is 27.8 Å². The predicted molar refractivity (Wildman–Crippen MR) is 108 cm³/mol. The van der Waals surface area contributed by atoms with E-state index in [1.807, 2.05) is 0 Å². The van der Waals surface area contributed by atoms with Gasteiger partial charge in [-0.25, -0.2) is 13.1 Å². The number of anilines is 1. The molecule has 0 aliphatic carbocycles. The first kappa shape index (κ1) is 22.9. The van der Waals surface area contributed by atoms with E-state index >= 15 is 0 Å². The molecule has 1 aliphatic heterocycles. The first-order chi connectivity index (χ1) is 13.8. The third kappa shape index (κ3) is 4.75. The van der Waals surface area contributed by atoms with Crippen molar-refractivity contribution in [2.75, 3.05) is 11.9 Å². The molecule has 3 rings (SSSR count). The number of benzene rings is 2.